The average molecular weight is 410 g/mol. The van der Waals surface area contributed by atoms with Gasteiger partial charge in [-0.15, -0.1) is 0 Å². The van der Waals surface area contributed by atoms with Crippen LogP contribution in [0.3, 0.4) is 0 Å². The summed E-state index contributed by atoms with van der Waals surface area (Å²) in [5.74, 6) is -1.83. The number of aliphatic hydroxyl groups excluding tert-OH is 1. The van der Waals surface area contributed by atoms with Crippen LogP contribution < -0.4 is 0 Å². The molecular formula is C18H22N2O7S. The second-order valence-corrected chi connectivity index (χ2v) is 8.06. The molecule has 2 rings (SSSR count). The fraction of sp³-hybridized carbons (Fsp3) is 0.389. The lowest BCUT2D eigenvalue weighted by atomic mass is 10.1. The molecule has 1 aliphatic heterocycles. The van der Waals surface area contributed by atoms with Crippen molar-refractivity contribution in [3.05, 3.63) is 41.2 Å². The molecule has 0 aromatic heterocycles. The van der Waals surface area contributed by atoms with Crippen LogP contribution in [-0.4, -0.2) is 68.2 Å². The van der Waals surface area contributed by atoms with E-state index in [0.717, 1.165) is 0 Å². The number of aliphatic hydroxyl groups is 1. The number of benzene rings is 1. The second kappa shape index (κ2) is 9.09. The Morgan fingerprint density at radius 3 is 2.25 bits per heavy atom. The zero-order chi connectivity index (χ0) is 20.9. The summed E-state index contributed by atoms with van der Waals surface area (Å²) >= 11 is 0. The Morgan fingerprint density at radius 1 is 1.18 bits per heavy atom. The first-order valence-corrected chi connectivity index (χ1v) is 9.92. The van der Waals surface area contributed by atoms with Crippen LogP contribution in [0, 0.1) is 5.41 Å². The fourth-order valence-electron chi connectivity index (χ4n) is 2.67. The SMILES string of the molecule is CC(=N)/C(C(C)=O)=C(/O)COC(=O)c1ccc(S(=O)(=O)N2CCOCC2)cc1. The van der Waals surface area contributed by atoms with Crippen molar-refractivity contribution in [2.45, 2.75) is 18.7 Å². The lowest BCUT2D eigenvalue weighted by molar-refractivity contribution is -0.113. The van der Waals surface area contributed by atoms with Crippen molar-refractivity contribution >= 4 is 27.5 Å². The smallest absolute Gasteiger partial charge is 0.338 e. The Hall–Kier alpha value is -2.56. The topological polar surface area (TPSA) is 134 Å². The molecule has 0 radical (unpaired) electrons. The average Bonchev–Trinajstić information content (AvgIpc) is 2.66. The summed E-state index contributed by atoms with van der Waals surface area (Å²) in [5.41, 5.74) is -0.261. The number of rotatable bonds is 7. The van der Waals surface area contributed by atoms with E-state index in [1.165, 1.54) is 42.4 Å². The minimum Gasteiger partial charge on any atom is -0.508 e. The van der Waals surface area contributed by atoms with Gasteiger partial charge in [0.1, 0.15) is 12.4 Å². The van der Waals surface area contributed by atoms with E-state index in [1.807, 2.05) is 0 Å². The van der Waals surface area contributed by atoms with Crippen molar-refractivity contribution in [1.82, 2.24) is 4.31 Å². The summed E-state index contributed by atoms with van der Waals surface area (Å²) in [5, 5.41) is 17.4. The van der Waals surface area contributed by atoms with Crippen LogP contribution in [-0.2, 0) is 24.3 Å². The van der Waals surface area contributed by atoms with Crippen molar-refractivity contribution in [2.24, 2.45) is 0 Å². The van der Waals surface area contributed by atoms with Crippen LogP contribution in [0.1, 0.15) is 24.2 Å². The number of hydrogen-bond acceptors (Lipinski definition) is 8. The molecule has 0 saturated carbocycles. The zero-order valence-corrected chi connectivity index (χ0v) is 16.4. The van der Waals surface area contributed by atoms with Gasteiger partial charge in [0.15, 0.2) is 5.78 Å². The Kier molecular flexibility index (Phi) is 7.05. The Morgan fingerprint density at radius 2 is 1.75 bits per heavy atom. The quantitative estimate of drug-likeness (QED) is 0.299. The van der Waals surface area contributed by atoms with E-state index in [9.17, 15) is 23.1 Å². The van der Waals surface area contributed by atoms with Crippen LogP contribution in [0.25, 0.3) is 0 Å². The van der Waals surface area contributed by atoms with E-state index in [-0.39, 0.29) is 34.8 Å². The van der Waals surface area contributed by atoms with E-state index in [0.29, 0.717) is 13.2 Å². The first-order valence-electron chi connectivity index (χ1n) is 8.48. The molecular weight excluding hydrogens is 388 g/mol. The lowest BCUT2D eigenvalue weighted by Gasteiger charge is -2.26. The number of ether oxygens (including phenoxy) is 2. The van der Waals surface area contributed by atoms with Gasteiger partial charge in [-0.2, -0.15) is 4.31 Å². The number of carbonyl (C=O) groups excluding carboxylic acids is 2. The van der Waals surface area contributed by atoms with Gasteiger partial charge in [0.2, 0.25) is 10.0 Å². The molecule has 0 unspecified atom stereocenters. The maximum Gasteiger partial charge on any atom is 0.338 e. The maximum atomic E-state index is 12.5. The van der Waals surface area contributed by atoms with Gasteiger partial charge in [0.05, 0.1) is 29.2 Å². The molecule has 0 spiro atoms. The minimum absolute atomic E-state index is 0.0481. The molecule has 1 aliphatic rings. The summed E-state index contributed by atoms with van der Waals surface area (Å²) in [7, 11) is -3.67. The van der Waals surface area contributed by atoms with Gasteiger partial charge >= 0.3 is 5.97 Å². The Balaban J connectivity index is 2.08. The monoisotopic (exact) mass is 410 g/mol. The van der Waals surface area contributed by atoms with Gasteiger partial charge in [0.25, 0.3) is 0 Å². The first-order chi connectivity index (χ1) is 13.1. The molecule has 1 aromatic rings. The molecule has 1 fully saturated rings. The number of allylic oxidation sites excluding steroid dienone is 1. The van der Waals surface area contributed by atoms with Crippen LogP contribution in [0.5, 0.6) is 0 Å². The normalized spacial score (nSPS) is 16.2. The molecule has 2 N–H and O–H groups in total. The molecule has 1 heterocycles. The predicted molar refractivity (Wildman–Crippen MR) is 100 cm³/mol. The number of morpholine rings is 1. The third-order valence-corrected chi connectivity index (χ3v) is 5.97. The van der Waals surface area contributed by atoms with Gasteiger partial charge in [0, 0.05) is 18.8 Å². The maximum absolute atomic E-state index is 12.5. The van der Waals surface area contributed by atoms with Crippen molar-refractivity contribution in [1.29, 1.82) is 5.41 Å². The van der Waals surface area contributed by atoms with Gasteiger partial charge < -0.3 is 20.0 Å². The van der Waals surface area contributed by atoms with Crippen LogP contribution >= 0.6 is 0 Å². The lowest BCUT2D eigenvalue weighted by Crippen LogP contribution is -2.40. The number of sulfonamides is 1. The third kappa shape index (κ3) is 5.03. The number of nitrogens with zero attached hydrogens (tertiary/aromatic N) is 1. The summed E-state index contributed by atoms with van der Waals surface area (Å²) in [4.78, 5) is 23.6. The Labute approximate surface area is 163 Å². The third-order valence-electron chi connectivity index (χ3n) is 4.05. The molecule has 10 heteroatoms. The van der Waals surface area contributed by atoms with Crippen LogP contribution in [0.2, 0.25) is 0 Å². The number of nitrogens with one attached hydrogen (secondary N) is 1. The highest BCUT2D eigenvalue weighted by atomic mass is 32.2. The molecule has 0 bridgehead atoms. The van der Waals surface area contributed by atoms with Crippen LogP contribution in [0.15, 0.2) is 40.5 Å². The van der Waals surface area contributed by atoms with Gasteiger partial charge in [-0.1, -0.05) is 0 Å². The summed E-state index contributed by atoms with van der Waals surface area (Å²) < 4.78 is 36.5. The first kappa shape index (κ1) is 21.7. The van der Waals surface area contributed by atoms with E-state index in [4.69, 9.17) is 14.9 Å². The van der Waals surface area contributed by atoms with Crippen molar-refractivity contribution in [2.75, 3.05) is 32.9 Å². The van der Waals surface area contributed by atoms with E-state index in [1.54, 1.807) is 0 Å². The van der Waals surface area contributed by atoms with Crippen molar-refractivity contribution < 1.29 is 32.6 Å². The molecule has 9 nitrogen and oxygen atoms in total. The van der Waals surface area contributed by atoms with Gasteiger partial charge in [-0.25, -0.2) is 13.2 Å². The van der Waals surface area contributed by atoms with E-state index >= 15 is 0 Å². The second-order valence-electron chi connectivity index (χ2n) is 6.12. The van der Waals surface area contributed by atoms with Gasteiger partial charge in [-0.05, 0) is 38.1 Å². The molecule has 0 aliphatic carbocycles. The zero-order valence-electron chi connectivity index (χ0n) is 15.6. The number of ketones is 1. The van der Waals surface area contributed by atoms with E-state index in [2.05, 4.69) is 0 Å². The number of hydrogen-bond donors (Lipinski definition) is 2. The number of carbonyl (C=O) groups is 2. The summed E-state index contributed by atoms with van der Waals surface area (Å²) in [6.45, 7) is 3.15. The van der Waals surface area contributed by atoms with Crippen LogP contribution in [0.4, 0.5) is 0 Å². The highest BCUT2D eigenvalue weighted by molar-refractivity contribution is 7.89. The minimum atomic E-state index is -3.67. The molecule has 1 aromatic carbocycles. The molecule has 28 heavy (non-hydrogen) atoms. The molecule has 152 valence electrons. The number of Topliss-reactive ketones (excluding diaryl/α,β-unsaturated/α-hetero) is 1. The molecule has 1 saturated heterocycles. The predicted octanol–water partition coefficient (Wildman–Crippen LogP) is 1.31. The molecule has 0 atom stereocenters. The van der Waals surface area contributed by atoms with Crippen molar-refractivity contribution in [3.63, 3.8) is 0 Å². The highest BCUT2D eigenvalue weighted by Gasteiger charge is 2.26. The molecule has 0 amide bonds. The highest BCUT2D eigenvalue weighted by Crippen LogP contribution is 2.18. The fourth-order valence-corrected chi connectivity index (χ4v) is 4.08. The largest absolute Gasteiger partial charge is 0.508 e. The number of esters is 1. The van der Waals surface area contributed by atoms with E-state index < -0.39 is 34.1 Å². The van der Waals surface area contributed by atoms with Crippen molar-refractivity contribution in [3.8, 4) is 0 Å². The summed E-state index contributed by atoms with van der Waals surface area (Å²) in [6, 6.07) is 5.23. The standard InChI is InChI=1S/C18H22N2O7S/c1-12(19)17(13(2)21)16(22)11-27-18(23)14-3-5-15(6-4-14)28(24,25)20-7-9-26-10-8-20/h3-6,19,22H,7-11H2,1-2H3/b17-16-,19-12?. The Bertz CT molecular complexity index is 882. The summed E-state index contributed by atoms with van der Waals surface area (Å²) in [6.07, 6.45) is 0. The van der Waals surface area contributed by atoms with Gasteiger partial charge in [-0.3, -0.25) is 4.79 Å².